The molecule has 0 bridgehead atoms. The van der Waals surface area contributed by atoms with Crippen LogP contribution in [0, 0.1) is 11.7 Å². The maximum absolute atomic E-state index is 13.3. The van der Waals surface area contributed by atoms with Crippen molar-refractivity contribution in [1.82, 2.24) is 4.90 Å². The van der Waals surface area contributed by atoms with E-state index in [2.05, 4.69) is 21.1 Å². The highest BCUT2D eigenvalue weighted by molar-refractivity contribution is 9.10. The molecule has 1 saturated heterocycles. The van der Waals surface area contributed by atoms with Crippen molar-refractivity contribution in [3.05, 3.63) is 34.1 Å². The third-order valence-corrected chi connectivity index (χ3v) is 3.68. The summed E-state index contributed by atoms with van der Waals surface area (Å²) in [6.45, 7) is 2.86. The monoisotopic (exact) mass is 328 g/mol. The molecule has 102 valence electrons. The minimum atomic E-state index is -0.444. The lowest BCUT2D eigenvalue weighted by Crippen LogP contribution is -2.43. The Balaban J connectivity index is 2.16. The van der Waals surface area contributed by atoms with Gasteiger partial charge in [-0.15, -0.1) is 0 Å². The molecule has 1 unspecified atom stereocenters. The van der Waals surface area contributed by atoms with Crippen LogP contribution in [0.15, 0.2) is 27.8 Å². The molecule has 1 atom stereocenters. The number of rotatable bonds is 1. The van der Waals surface area contributed by atoms with Gasteiger partial charge in [0.15, 0.2) is 0 Å². The fourth-order valence-electron chi connectivity index (χ4n) is 2.22. The second-order valence-electron chi connectivity index (χ2n) is 4.65. The highest BCUT2D eigenvalue weighted by atomic mass is 79.9. The van der Waals surface area contributed by atoms with Gasteiger partial charge >= 0.3 is 0 Å². The van der Waals surface area contributed by atoms with Crippen molar-refractivity contribution in [3.8, 4) is 0 Å². The van der Waals surface area contributed by atoms with Gasteiger partial charge in [-0.2, -0.15) is 0 Å². The quantitative estimate of drug-likeness (QED) is 0.636. The van der Waals surface area contributed by atoms with Crippen LogP contribution in [0.1, 0.15) is 23.7 Å². The molecular weight excluding hydrogens is 315 g/mol. The van der Waals surface area contributed by atoms with Gasteiger partial charge in [-0.1, -0.05) is 28.0 Å². The number of likely N-dealkylation sites (tertiary alicyclic amines) is 1. The van der Waals surface area contributed by atoms with Crippen molar-refractivity contribution in [1.29, 1.82) is 0 Å². The first-order chi connectivity index (χ1) is 9.01. The minimum absolute atomic E-state index is 0.0136. The minimum Gasteiger partial charge on any atom is -0.411 e. The number of oxime groups is 1. The van der Waals surface area contributed by atoms with E-state index in [1.54, 1.807) is 11.0 Å². The van der Waals surface area contributed by atoms with Crippen LogP contribution in [-0.4, -0.2) is 34.8 Å². The van der Waals surface area contributed by atoms with Crippen molar-refractivity contribution in [2.45, 2.75) is 13.3 Å². The van der Waals surface area contributed by atoms with Gasteiger partial charge in [0.25, 0.3) is 5.91 Å². The Morgan fingerprint density at radius 2 is 2.26 bits per heavy atom. The van der Waals surface area contributed by atoms with Gasteiger partial charge in [-0.3, -0.25) is 4.79 Å². The normalized spacial score (nSPS) is 21.7. The first kappa shape index (κ1) is 14.0. The maximum Gasteiger partial charge on any atom is 0.254 e. The largest absolute Gasteiger partial charge is 0.411 e. The van der Waals surface area contributed by atoms with Crippen LogP contribution >= 0.6 is 15.9 Å². The van der Waals surface area contributed by atoms with Crippen LogP contribution in [0.2, 0.25) is 0 Å². The molecule has 6 heteroatoms. The summed E-state index contributed by atoms with van der Waals surface area (Å²) in [6, 6.07) is 4.14. The van der Waals surface area contributed by atoms with E-state index < -0.39 is 5.82 Å². The first-order valence-corrected chi connectivity index (χ1v) is 6.76. The molecule has 1 aromatic rings. The van der Waals surface area contributed by atoms with Crippen LogP contribution in [-0.2, 0) is 0 Å². The number of carbonyl (C=O) groups is 1. The first-order valence-electron chi connectivity index (χ1n) is 5.97. The van der Waals surface area contributed by atoms with Crippen LogP contribution < -0.4 is 0 Å². The molecule has 1 aromatic carbocycles. The Kier molecular flexibility index (Phi) is 4.19. The van der Waals surface area contributed by atoms with Crippen LogP contribution in [0.5, 0.6) is 0 Å². The standard InChI is InChI=1S/C13H14BrFN2O2/c1-8-7-17(3-2-12(8)16-19)13(18)9-4-10(14)6-11(15)5-9/h4-6,8,19H,2-3,7H2,1H3/b16-12+. The summed E-state index contributed by atoms with van der Waals surface area (Å²) in [7, 11) is 0. The number of hydrogen-bond donors (Lipinski definition) is 1. The summed E-state index contributed by atoms with van der Waals surface area (Å²) >= 11 is 3.17. The Morgan fingerprint density at radius 1 is 1.53 bits per heavy atom. The zero-order valence-electron chi connectivity index (χ0n) is 10.4. The van der Waals surface area contributed by atoms with Crippen LogP contribution in [0.3, 0.4) is 0 Å². The van der Waals surface area contributed by atoms with Gasteiger partial charge in [0, 0.05) is 35.5 Å². The smallest absolute Gasteiger partial charge is 0.254 e. The fraction of sp³-hybridized carbons (Fsp3) is 0.385. The zero-order valence-corrected chi connectivity index (χ0v) is 12.0. The third kappa shape index (κ3) is 3.12. The molecule has 1 fully saturated rings. The third-order valence-electron chi connectivity index (χ3n) is 3.23. The maximum atomic E-state index is 13.3. The molecule has 0 aliphatic carbocycles. The van der Waals surface area contributed by atoms with Crippen LogP contribution in [0.25, 0.3) is 0 Å². The molecule has 1 N–H and O–H groups in total. The van der Waals surface area contributed by atoms with Gasteiger partial charge < -0.3 is 10.1 Å². The average molecular weight is 329 g/mol. The topological polar surface area (TPSA) is 52.9 Å². The summed E-state index contributed by atoms with van der Waals surface area (Å²) in [6.07, 6.45) is 0.542. The molecule has 19 heavy (non-hydrogen) atoms. The molecular formula is C13H14BrFN2O2. The summed E-state index contributed by atoms with van der Waals surface area (Å²) in [5.74, 6) is -0.635. The number of halogens is 2. The van der Waals surface area contributed by atoms with E-state index in [4.69, 9.17) is 5.21 Å². The second-order valence-corrected chi connectivity index (χ2v) is 5.57. The second kappa shape index (κ2) is 5.69. The Hall–Kier alpha value is -1.43. The Morgan fingerprint density at radius 3 is 2.84 bits per heavy atom. The molecule has 1 heterocycles. The van der Waals surface area contributed by atoms with E-state index >= 15 is 0 Å². The molecule has 0 aromatic heterocycles. The molecule has 0 radical (unpaired) electrons. The number of amides is 1. The number of carbonyl (C=O) groups excluding carboxylic acids is 1. The van der Waals surface area contributed by atoms with E-state index in [-0.39, 0.29) is 11.8 Å². The molecule has 1 amide bonds. The predicted molar refractivity (Wildman–Crippen MR) is 73.0 cm³/mol. The van der Waals surface area contributed by atoms with Gasteiger partial charge in [0.2, 0.25) is 0 Å². The van der Waals surface area contributed by atoms with Crippen molar-refractivity contribution in [2.75, 3.05) is 13.1 Å². The summed E-state index contributed by atoms with van der Waals surface area (Å²) in [5, 5.41) is 12.0. The van der Waals surface area contributed by atoms with E-state index in [0.717, 1.165) is 0 Å². The lowest BCUT2D eigenvalue weighted by Gasteiger charge is -2.31. The highest BCUT2D eigenvalue weighted by Crippen LogP contribution is 2.20. The van der Waals surface area contributed by atoms with Gasteiger partial charge in [0.1, 0.15) is 5.82 Å². The van der Waals surface area contributed by atoms with Crippen molar-refractivity contribution < 1.29 is 14.4 Å². The lowest BCUT2D eigenvalue weighted by molar-refractivity contribution is 0.0733. The van der Waals surface area contributed by atoms with Gasteiger partial charge in [0.05, 0.1) is 5.71 Å². The number of nitrogens with zero attached hydrogens (tertiary/aromatic N) is 2. The number of piperidine rings is 1. The lowest BCUT2D eigenvalue weighted by atomic mass is 9.97. The average Bonchev–Trinajstić information content (AvgIpc) is 2.36. The molecule has 1 aliphatic rings. The molecule has 2 rings (SSSR count). The SMILES string of the molecule is CC1CN(C(=O)c2cc(F)cc(Br)c2)CC/C1=N\O. The summed E-state index contributed by atoms with van der Waals surface area (Å²) in [5.41, 5.74) is 1.02. The number of hydrogen-bond acceptors (Lipinski definition) is 3. The van der Waals surface area contributed by atoms with Gasteiger partial charge in [-0.05, 0) is 18.2 Å². The Labute approximate surface area is 119 Å². The van der Waals surface area contributed by atoms with Gasteiger partial charge in [-0.25, -0.2) is 4.39 Å². The summed E-state index contributed by atoms with van der Waals surface area (Å²) in [4.78, 5) is 13.9. The fourth-order valence-corrected chi connectivity index (χ4v) is 2.68. The van der Waals surface area contributed by atoms with Crippen molar-refractivity contribution in [2.24, 2.45) is 11.1 Å². The van der Waals surface area contributed by atoms with E-state index in [1.807, 2.05) is 6.92 Å². The molecule has 4 nitrogen and oxygen atoms in total. The highest BCUT2D eigenvalue weighted by Gasteiger charge is 2.26. The molecule has 1 aliphatic heterocycles. The van der Waals surface area contributed by atoms with E-state index in [9.17, 15) is 9.18 Å². The molecule has 0 saturated carbocycles. The van der Waals surface area contributed by atoms with Crippen LogP contribution in [0.4, 0.5) is 4.39 Å². The van der Waals surface area contributed by atoms with Crippen molar-refractivity contribution >= 4 is 27.5 Å². The molecule has 0 spiro atoms. The zero-order chi connectivity index (χ0) is 14.0. The predicted octanol–water partition coefficient (Wildman–Crippen LogP) is 2.90. The van der Waals surface area contributed by atoms with E-state index in [0.29, 0.717) is 35.3 Å². The van der Waals surface area contributed by atoms with E-state index in [1.165, 1.54) is 12.1 Å². The van der Waals surface area contributed by atoms with Crippen molar-refractivity contribution in [3.63, 3.8) is 0 Å². The summed E-state index contributed by atoms with van der Waals surface area (Å²) < 4.78 is 13.8. The Bertz CT molecular complexity index is 513. The number of benzene rings is 1.